The standard InChI is InChI=1S/C13H19N3S/c1-3-12(13-6-5-9-17-13)14-10-11-7-8-15-16(11)4-2/h5-9,12,14H,3-4,10H2,1-2H3. The van der Waals surface area contributed by atoms with Gasteiger partial charge < -0.3 is 5.32 Å². The van der Waals surface area contributed by atoms with Crippen LogP contribution in [0.15, 0.2) is 29.8 Å². The van der Waals surface area contributed by atoms with E-state index in [2.05, 4.69) is 47.8 Å². The molecule has 0 radical (unpaired) electrons. The first kappa shape index (κ1) is 12.3. The first-order chi connectivity index (χ1) is 8.35. The summed E-state index contributed by atoms with van der Waals surface area (Å²) in [5.41, 5.74) is 1.25. The maximum Gasteiger partial charge on any atom is 0.0522 e. The molecule has 2 aromatic heterocycles. The van der Waals surface area contributed by atoms with E-state index in [-0.39, 0.29) is 0 Å². The molecular formula is C13H19N3S. The van der Waals surface area contributed by atoms with E-state index in [9.17, 15) is 0 Å². The van der Waals surface area contributed by atoms with Crippen LogP contribution in [-0.4, -0.2) is 9.78 Å². The van der Waals surface area contributed by atoms with Crippen LogP contribution in [-0.2, 0) is 13.1 Å². The van der Waals surface area contributed by atoms with Crippen molar-refractivity contribution in [3.63, 3.8) is 0 Å². The van der Waals surface area contributed by atoms with Gasteiger partial charge in [0.1, 0.15) is 0 Å². The Kier molecular flexibility index (Phi) is 4.34. The summed E-state index contributed by atoms with van der Waals surface area (Å²) < 4.78 is 2.04. The molecule has 92 valence electrons. The zero-order chi connectivity index (χ0) is 12.1. The van der Waals surface area contributed by atoms with E-state index in [1.807, 2.05) is 22.2 Å². The van der Waals surface area contributed by atoms with Crippen molar-refractivity contribution >= 4 is 11.3 Å². The number of nitrogens with one attached hydrogen (secondary N) is 1. The van der Waals surface area contributed by atoms with Crippen molar-refractivity contribution < 1.29 is 0 Å². The van der Waals surface area contributed by atoms with Crippen molar-refractivity contribution in [1.82, 2.24) is 15.1 Å². The van der Waals surface area contributed by atoms with Gasteiger partial charge in [-0.15, -0.1) is 11.3 Å². The molecule has 3 nitrogen and oxygen atoms in total. The maximum atomic E-state index is 4.28. The second-order valence-electron chi connectivity index (χ2n) is 4.00. The van der Waals surface area contributed by atoms with Crippen LogP contribution in [0.2, 0.25) is 0 Å². The fourth-order valence-electron chi connectivity index (χ4n) is 1.96. The van der Waals surface area contributed by atoms with Crippen LogP contribution in [0.1, 0.15) is 36.9 Å². The molecule has 2 aromatic rings. The zero-order valence-electron chi connectivity index (χ0n) is 10.4. The summed E-state index contributed by atoms with van der Waals surface area (Å²) >= 11 is 1.82. The van der Waals surface area contributed by atoms with Gasteiger partial charge in [-0.25, -0.2) is 0 Å². The van der Waals surface area contributed by atoms with E-state index in [4.69, 9.17) is 0 Å². The molecule has 0 amide bonds. The molecule has 2 heterocycles. The number of thiophene rings is 1. The average molecular weight is 249 g/mol. The van der Waals surface area contributed by atoms with Crippen LogP contribution in [0.3, 0.4) is 0 Å². The molecule has 1 atom stereocenters. The Morgan fingerprint density at radius 3 is 2.94 bits per heavy atom. The number of hydrogen-bond donors (Lipinski definition) is 1. The van der Waals surface area contributed by atoms with Crippen LogP contribution in [0.4, 0.5) is 0 Å². The van der Waals surface area contributed by atoms with Crippen molar-refractivity contribution in [1.29, 1.82) is 0 Å². The topological polar surface area (TPSA) is 29.9 Å². The summed E-state index contributed by atoms with van der Waals surface area (Å²) in [6.07, 6.45) is 2.98. The van der Waals surface area contributed by atoms with Crippen LogP contribution < -0.4 is 5.32 Å². The number of aromatic nitrogens is 2. The predicted octanol–water partition coefficient (Wildman–Crippen LogP) is 3.21. The van der Waals surface area contributed by atoms with Gasteiger partial charge in [-0.2, -0.15) is 5.10 Å². The molecule has 0 fully saturated rings. The smallest absolute Gasteiger partial charge is 0.0522 e. The lowest BCUT2D eigenvalue weighted by Crippen LogP contribution is -2.21. The third kappa shape index (κ3) is 2.96. The molecule has 0 bridgehead atoms. The quantitative estimate of drug-likeness (QED) is 0.852. The maximum absolute atomic E-state index is 4.28. The predicted molar refractivity (Wildman–Crippen MR) is 72.1 cm³/mol. The molecule has 0 aliphatic carbocycles. The average Bonchev–Trinajstić information content (AvgIpc) is 2.99. The van der Waals surface area contributed by atoms with Gasteiger partial charge in [0.15, 0.2) is 0 Å². The summed E-state index contributed by atoms with van der Waals surface area (Å²) in [6.45, 7) is 6.14. The third-order valence-electron chi connectivity index (χ3n) is 2.93. The summed E-state index contributed by atoms with van der Waals surface area (Å²) in [5.74, 6) is 0. The molecule has 1 N–H and O–H groups in total. The van der Waals surface area contributed by atoms with E-state index in [1.54, 1.807) is 0 Å². The monoisotopic (exact) mass is 249 g/mol. The van der Waals surface area contributed by atoms with Crippen LogP contribution >= 0.6 is 11.3 Å². The molecule has 2 rings (SSSR count). The van der Waals surface area contributed by atoms with Gasteiger partial charge in [-0.3, -0.25) is 4.68 Å². The van der Waals surface area contributed by atoms with Crippen LogP contribution in [0, 0.1) is 0 Å². The Balaban J connectivity index is 1.97. The Morgan fingerprint density at radius 2 is 2.29 bits per heavy atom. The van der Waals surface area contributed by atoms with E-state index < -0.39 is 0 Å². The van der Waals surface area contributed by atoms with Crippen molar-refractivity contribution in [2.24, 2.45) is 0 Å². The zero-order valence-corrected chi connectivity index (χ0v) is 11.2. The van der Waals surface area contributed by atoms with Crippen LogP contribution in [0.25, 0.3) is 0 Å². The van der Waals surface area contributed by atoms with Crippen LogP contribution in [0.5, 0.6) is 0 Å². The highest BCUT2D eigenvalue weighted by Crippen LogP contribution is 2.21. The highest BCUT2D eigenvalue weighted by Gasteiger charge is 2.10. The SMILES string of the molecule is CCC(NCc1ccnn1CC)c1cccs1. The highest BCUT2D eigenvalue weighted by atomic mass is 32.1. The molecule has 0 spiro atoms. The van der Waals surface area contributed by atoms with Crippen molar-refractivity contribution in [2.45, 2.75) is 39.4 Å². The van der Waals surface area contributed by atoms with Crippen molar-refractivity contribution in [3.8, 4) is 0 Å². The van der Waals surface area contributed by atoms with Gasteiger partial charge in [0.05, 0.1) is 5.69 Å². The summed E-state index contributed by atoms with van der Waals surface area (Å²) in [5, 5.41) is 10.0. The molecule has 17 heavy (non-hydrogen) atoms. The number of rotatable bonds is 6. The second-order valence-corrected chi connectivity index (χ2v) is 4.97. The molecule has 0 saturated carbocycles. The fraction of sp³-hybridized carbons (Fsp3) is 0.462. The van der Waals surface area contributed by atoms with Gasteiger partial charge >= 0.3 is 0 Å². The third-order valence-corrected chi connectivity index (χ3v) is 3.91. The lowest BCUT2D eigenvalue weighted by atomic mass is 10.2. The number of nitrogens with zero attached hydrogens (tertiary/aromatic N) is 2. The Labute approximate surface area is 106 Å². The highest BCUT2D eigenvalue weighted by molar-refractivity contribution is 7.10. The molecule has 0 aromatic carbocycles. The molecular weight excluding hydrogens is 230 g/mol. The van der Waals surface area contributed by atoms with Crippen molar-refractivity contribution in [2.75, 3.05) is 0 Å². The van der Waals surface area contributed by atoms with Gasteiger partial charge in [0.2, 0.25) is 0 Å². The number of aryl methyl sites for hydroxylation is 1. The van der Waals surface area contributed by atoms with E-state index in [1.165, 1.54) is 10.6 Å². The summed E-state index contributed by atoms with van der Waals surface area (Å²) in [4.78, 5) is 1.41. The second kappa shape index (κ2) is 5.98. The lowest BCUT2D eigenvalue weighted by Gasteiger charge is -2.15. The molecule has 0 aliphatic rings. The largest absolute Gasteiger partial charge is 0.304 e. The van der Waals surface area contributed by atoms with Gasteiger partial charge in [-0.1, -0.05) is 13.0 Å². The summed E-state index contributed by atoms with van der Waals surface area (Å²) in [6, 6.07) is 6.84. The fourth-order valence-corrected chi connectivity index (χ4v) is 2.84. The Bertz CT molecular complexity index is 433. The Hall–Kier alpha value is -1.13. The lowest BCUT2D eigenvalue weighted by molar-refractivity contribution is 0.500. The van der Waals surface area contributed by atoms with E-state index >= 15 is 0 Å². The minimum Gasteiger partial charge on any atom is -0.304 e. The van der Waals surface area contributed by atoms with E-state index in [0.717, 1.165) is 19.5 Å². The normalized spacial score (nSPS) is 12.8. The van der Waals surface area contributed by atoms with Gasteiger partial charge in [0, 0.05) is 30.2 Å². The van der Waals surface area contributed by atoms with E-state index in [0.29, 0.717) is 6.04 Å². The first-order valence-corrected chi connectivity index (χ1v) is 7.00. The van der Waals surface area contributed by atoms with Gasteiger partial charge in [0.25, 0.3) is 0 Å². The molecule has 0 aliphatic heterocycles. The number of hydrogen-bond acceptors (Lipinski definition) is 3. The van der Waals surface area contributed by atoms with Crippen molar-refractivity contribution in [3.05, 3.63) is 40.3 Å². The molecule has 0 saturated heterocycles. The first-order valence-electron chi connectivity index (χ1n) is 6.12. The molecule has 1 unspecified atom stereocenters. The summed E-state index contributed by atoms with van der Waals surface area (Å²) in [7, 11) is 0. The minimum atomic E-state index is 0.454. The Morgan fingerprint density at radius 1 is 1.41 bits per heavy atom. The van der Waals surface area contributed by atoms with Gasteiger partial charge in [-0.05, 0) is 30.9 Å². The molecule has 4 heteroatoms. The minimum absolute atomic E-state index is 0.454.